The molecule has 0 aliphatic carbocycles. The average Bonchev–Trinajstić information content (AvgIpc) is 2.26. The summed E-state index contributed by atoms with van der Waals surface area (Å²) >= 11 is 0. The summed E-state index contributed by atoms with van der Waals surface area (Å²) in [6.45, 7) is 3.49. The summed E-state index contributed by atoms with van der Waals surface area (Å²) in [5.74, 6) is 0. The van der Waals surface area contributed by atoms with E-state index in [1.54, 1.807) is 13.8 Å². The molecule has 1 aromatic rings. The lowest BCUT2D eigenvalue weighted by atomic mass is 10.1. The highest BCUT2D eigenvalue weighted by atomic mass is 32.2. The molecule has 0 aliphatic rings. The van der Waals surface area contributed by atoms with Crippen molar-refractivity contribution in [1.29, 1.82) is 0 Å². The lowest BCUT2D eigenvalue weighted by Gasteiger charge is -2.24. The maximum absolute atomic E-state index is 12.2. The molecule has 20 heavy (non-hydrogen) atoms. The first-order valence-corrected chi connectivity index (χ1v) is 7.14. The highest BCUT2D eigenvalue weighted by molar-refractivity contribution is 7.89. The molecule has 0 saturated carbocycles. The summed E-state index contributed by atoms with van der Waals surface area (Å²) in [4.78, 5) is 9.83. The van der Waals surface area contributed by atoms with Crippen LogP contribution >= 0.6 is 0 Å². The van der Waals surface area contributed by atoms with Crippen LogP contribution < -0.4 is 10.5 Å². The van der Waals surface area contributed by atoms with Crippen molar-refractivity contribution >= 4 is 21.4 Å². The average molecular weight is 303 g/mol. The monoisotopic (exact) mass is 303 g/mol. The first-order valence-electron chi connectivity index (χ1n) is 5.66. The molecule has 0 fully saturated rings. The maximum Gasteiger partial charge on any atom is 0.292 e. The zero-order valence-electron chi connectivity index (χ0n) is 11.4. The Morgan fingerprint density at radius 1 is 1.45 bits per heavy atom. The standard InChI is InChI=1S/C11H17N3O5S/c1-11(2,7-19-3)13-20(17,18)8-4-5-10(14(15)16)9(12)6-8/h4-6,13H,7,12H2,1-3H3. The van der Waals surface area contributed by atoms with Crippen molar-refractivity contribution in [1.82, 2.24) is 4.72 Å². The molecule has 1 aromatic carbocycles. The molecule has 0 amide bonds. The van der Waals surface area contributed by atoms with Gasteiger partial charge in [-0.1, -0.05) is 0 Å². The van der Waals surface area contributed by atoms with Crippen molar-refractivity contribution in [2.24, 2.45) is 0 Å². The number of nitrogens with zero attached hydrogens (tertiary/aromatic N) is 1. The van der Waals surface area contributed by atoms with Gasteiger partial charge in [-0.25, -0.2) is 13.1 Å². The van der Waals surface area contributed by atoms with E-state index in [1.165, 1.54) is 7.11 Å². The van der Waals surface area contributed by atoms with E-state index in [2.05, 4.69) is 4.72 Å². The predicted molar refractivity (Wildman–Crippen MR) is 73.8 cm³/mol. The number of nitro benzene ring substituents is 1. The SMILES string of the molecule is COCC(C)(C)NS(=O)(=O)c1ccc([N+](=O)[O-])c(N)c1. The second-order valence-electron chi connectivity index (χ2n) is 4.90. The van der Waals surface area contributed by atoms with Crippen LogP contribution in [0.4, 0.5) is 11.4 Å². The van der Waals surface area contributed by atoms with Gasteiger partial charge in [-0.15, -0.1) is 0 Å². The summed E-state index contributed by atoms with van der Waals surface area (Å²) < 4.78 is 31.7. The Balaban J connectivity index is 3.11. The fourth-order valence-electron chi connectivity index (χ4n) is 1.68. The van der Waals surface area contributed by atoms with Crippen molar-refractivity contribution < 1.29 is 18.1 Å². The van der Waals surface area contributed by atoms with Crippen molar-refractivity contribution in [2.75, 3.05) is 19.5 Å². The fraction of sp³-hybridized carbons (Fsp3) is 0.455. The molecule has 8 nitrogen and oxygen atoms in total. The zero-order valence-corrected chi connectivity index (χ0v) is 12.2. The lowest BCUT2D eigenvalue weighted by Crippen LogP contribution is -2.46. The first-order chi connectivity index (χ1) is 9.09. The van der Waals surface area contributed by atoms with Crippen LogP contribution in [-0.4, -0.2) is 32.6 Å². The van der Waals surface area contributed by atoms with Crippen molar-refractivity contribution in [3.63, 3.8) is 0 Å². The summed E-state index contributed by atoms with van der Waals surface area (Å²) in [5.41, 5.74) is 4.13. The van der Waals surface area contributed by atoms with E-state index < -0.39 is 20.5 Å². The molecule has 0 atom stereocenters. The van der Waals surface area contributed by atoms with Crippen LogP contribution in [0.15, 0.2) is 23.1 Å². The molecule has 0 spiro atoms. The molecular formula is C11H17N3O5S. The molecule has 9 heteroatoms. The molecular weight excluding hydrogens is 286 g/mol. The Hall–Kier alpha value is -1.71. The number of ether oxygens (including phenoxy) is 1. The van der Waals surface area contributed by atoms with Gasteiger partial charge in [0.2, 0.25) is 10.0 Å². The third-order valence-electron chi connectivity index (χ3n) is 2.42. The minimum absolute atomic E-state index is 0.134. The molecule has 112 valence electrons. The Morgan fingerprint density at radius 3 is 2.50 bits per heavy atom. The van der Waals surface area contributed by atoms with Gasteiger partial charge in [0, 0.05) is 13.2 Å². The minimum atomic E-state index is -3.84. The smallest absolute Gasteiger partial charge is 0.292 e. The molecule has 1 rings (SSSR count). The number of methoxy groups -OCH3 is 1. The molecule has 0 heterocycles. The van der Waals surface area contributed by atoms with Gasteiger partial charge in [0.05, 0.1) is 22.0 Å². The van der Waals surface area contributed by atoms with Gasteiger partial charge in [0.15, 0.2) is 0 Å². The Morgan fingerprint density at radius 2 is 2.05 bits per heavy atom. The van der Waals surface area contributed by atoms with Gasteiger partial charge in [0.25, 0.3) is 5.69 Å². The van der Waals surface area contributed by atoms with Crippen molar-refractivity contribution in [3.05, 3.63) is 28.3 Å². The summed E-state index contributed by atoms with van der Waals surface area (Å²) in [7, 11) is -2.38. The number of hydrogen-bond donors (Lipinski definition) is 2. The summed E-state index contributed by atoms with van der Waals surface area (Å²) in [6, 6.07) is 3.26. The number of sulfonamides is 1. The Labute approximate surface area is 117 Å². The van der Waals surface area contributed by atoms with Crippen LogP contribution in [0.2, 0.25) is 0 Å². The van der Waals surface area contributed by atoms with Gasteiger partial charge in [-0.05, 0) is 26.0 Å². The van der Waals surface area contributed by atoms with Gasteiger partial charge in [0.1, 0.15) is 5.69 Å². The molecule has 0 radical (unpaired) electrons. The van der Waals surface area contributed by atoms with E-state index in [4.69, 9.17) is 10.5 Å². The van der Waals surface area contributed by atoms with Crippen LogP contribution in [0.25, 0.3) is 0 Å². The third kappa shape index (κ3) is 3.89. The number of rotatable bonds is 6. The van der Waals surface area contributed by atoms with E-state index in [0.717, 1.165) is 18.2 Å². The number of nitrogens with two attached hydrogens (primary N) is 1. The van der Waals surface area contributed by atoms with E-state index in [-0.39, 0.29) is 22.9 Å². The van der Waals surface area contributed by atoms with E-state index in [9.17, 15) is 18.5 Å². The number of nitrogens with one attached hydrogen (secondary N) is 1. The second-order valence-corrected chi connectivity index (χ2v) is 6.58. The molecule has 0 unspecified atom stereocenters. The van der Waals surface area contributed by atoms with Crippen LogP contribution in [0.5, 0.6) is 0 Å². The molecule has 0 bridgehead atoms. The van der Waals surface area contributed by atoms with Gasteiger partial charge >= 0.3 is 0 Å². The number of nitrogen functional groups attached to an aromatic ring is 1. The van der Waals surface area contributed by atoms with Crippen LogP contribution in [0, 0.1) is 10.1 Å². The highest BCUT2D eigenvalue weighted by Gasteiger charge is 2.27. The summed E-state index contributed by atoms with van der Waals surface area (Å²) in [5, 5.41) is 10.6. The number of hydrogen-bond acceptors (Lipinski definition) is 6. The van der Waals surface area contributed by atoms with Crippen molar-refractivity contribution in [2.45, 2.75) is 24.3 Å². The molecule has 0 aromatic heterocycles. The Bertz CT molecular complexity index is 612. The number of benzene rings is 1. The Kier molecular flexibility index (Phi) is 4.69. The first kappa shape index (κ1) is 16.3. The van der Waals surface area contributed by atoms with Crippen LogP contribution in [0.3, 0.4) is 0 Å². The van der Waals surface area contributed by atoms with E-state index in [1.807, 2.05) is 0 Å². The number of nitro groups is 1. The third-order valence-corrected chi connectivity index (χ3v) is 4.12. The normalized spacial score (nSPS) is 12.3. The number of anilines is 1. The summed E-state index contributed by atoms with van der Waals surface area (Å²) in [6.07, 6.45) is 0. The van der Waals surface area contributed by atoms with Crippen LogP contribution in [-0.2, 0) is 14.8 Å². The van der Waals surface area contributed by atoms with Gasteiger partial charge in [-0.2, -0.15) is 0 Å². The fourth-order valence-corrected chi connectivity index (χ4v) is 3.11. The largest absolute Gasteiger partial charge is 0.393 e. The van der Waals surface area contributed by atoms with Crippen LogP contribution in [0.1, 0.15) is 13.8 Å². The zero-order chi connectivity index (χ0) is 15.6. The predicted octanol–water partition coefficient (Wildman–Crippen LogP) is 0.880. The molecule has 0 aliphatic heterocycles. The van der Waals surface area contributed by atoms with E-state index >= 15 is 0 Å². The van der Waals surface area contributed by atoms with E-state index in [0.29, 0.717) is 0 Å². The highest BCUT2D eigenvalue weighted by Crippen LogP contribution is 2.25. The molecule has 3 N–H and O–H groups in total. The second kappa shape index (κ2) is 5.73. The molecule has 0 saturated heterocycles. The van der Waals surface area contributed by atoms with Crippen molar-refractivity contribution in [3.8, 4) is 0 Å². The van der Waals surface area contributed by atoms with Gasteiger partial charge < -0.3 is 10.5 Å². The minimum Gasteiger partial charge on any atom is -0.393 e. The quantitative estimate of drug-likeness (QED) is 0.456. The topological polar surface area (TPSA) is 125 Å². The maximum atomic E-state index is 12.2. The van der Waals surface area contributed by atoms with Gasteiger partial charge in [-0.3, -0.25) is 10.1 Å². The lowest BCUT2D eigenvalue weighted by molar-refractivity contribution is -0.383.